The molecule has 0 aromatic heterocycles. The Morgan fingerprint density at radius 1 is 1.17 bits per heavy atom. The Bertz CT molecular complexity index is 673. The van der Waals surface area contributed by atoms with Crippen LogP contribution in [0, 0.1) is 0 Å². The predicted molar refractivity (Wildman–Crippen MR) is 97.6 cm³/mol. The van der Waals surface area contributed by atoms with E-state index >= 15 is 0 Å². The van der Waals surface area contributed by atoms with Crippen LogP contribution in [0.3, 0.4) is 0 Å². The summed E-state index contributed by atoms with van der Waals surface area (Å²) in [5, 5.41) is 2.25. The van der Waals surface area contributed by atoms with Crippen molar-refractivity contribution in [3.05, 3.63) is 42.5 Å². The van der Waals surface area contributed by atoms with Crippen molar-refractivity contribution in [3.8, 4) is 0 Å². The minimum atomic E-state index is -1.12. The molecule has 3 nitrogen and oxygen atoms in total. The molecule has 1 aliphatic rings. The van der Waals surface area contributed by atoms with E-state index in [0.29, 0.717) is 18.6 Å². The topological polar surface area (TPSA) is 46.3 Å². The van der Waals surface area contributed by atoms with Crippen molar-refractivity contribution in [2.45, 2.75) is 56.0 Å². The first-order valence-electron chi connectivity index (χ1n) is 8.64. The molecule has 2 aromatic rings. The third kappa shape index (κ3) is 3.65. The van der Waals surface area contributed by atoms with Crippen molar-refractivity contribution < 1.29 is 4.21 Å². The minimum Gasteiger partial charge on any atom is -0.330 e. The lowest BCUT2D eigenvalue weighted by Gasteiger charge is -2.30. The Morgan fingerprint density at radius 3 is 2.61 bits per heavy atom. The molecule has 0 saturated heterocycles. The maximum Gasteiger partial charge on any atom is 0.128 e. The normalized spacial score (nSPS) is 17.5. The summed E-state index contributed by atoms with van der Waals surface area (Å²) < 4.78 is 15.7. The van der Waals surface area contributed by atoms with Gasteiger partial charge in [0.15, 0.2) is 0 Å². The van der Waals surface area contributed by atoms with E-state index < -0.39 is 11.0 Å². The number of nitrogens with two attached hydrogens (primary N) is 1. The van der Waals surface area contributed by atoms with Crippen LogP contribution in [0.1, 0.15) is 39.0 Å². The highest BCUT2D eigenvalue weighted by Crippen LogP contribution is 2.35. The Balaban J connectivity index is 1.97. The summed E-state index contributed by atoms with van der Waals surface area (Å²) in [6, 6.07) is 15.1. The SMILES string of the molecule is CCCC(CCN)N(C1CC1)S(=O)c1cccc2ccccc12. The number of rotatable bonds is 8. The van der Waals surface area contributed by atoms with Gasteiger partial charge in [-0.2, -0.15) is 0 Å². The minimum absolute atomic E-state index is 0.317. The molecule has 2 atom stereocenters. The van der Waals surface area contributed by atoms with Crippen LogP contribution in [0.15, 0.2) is 47.4 Å². The van der Waals surface area contributed by atoms with Crippen molar-refractivity contribution in [2.75, 3.05) is 6.54 Å². The van der Waals surface area contributed by atoms with Crippen molar-refractivity contribution in [2.24, 2.45) is 5.73 Å². The fraction of sp³-hybridized carbons (Fsp3) is 0.474. The molecule has 4 heteroatoms. The molecule has 23 heavy (non-hydrogen) atoms. The average molecular weight is 330 g/mol. The van der Waals surface area contributed by atoms with E-state index in [2.05, 4.69) is 29.4 Å². The van der Waals surface area contributed by atoms with Gasteiger partial charge >= 0.3 is 0 Å². The lowest BCUT2D eigenvalue weighted by Crippen LogP contribution is -2.40. The molecule has 0 radical (unpaired) electrons. The number of benzene rings is 2. The molecule has 1 saturated carbocycles. The van der Waals surface area contributed by atoms with Gasteiger partial charge < -0.3 is 5.73 Å². The standard InChI is InChI=1S/C19H26N2OS/c1-2-6-16(13-14-20)21(17-11-12-17)23(22)19-10-5-8-15-7-3-4-9-18(15)19/h3-5,7-10,16-17H,2,6,11-14,20H2,1H3. The number of nitrogens with zero attached hydrogens (tertiary/aromatic N) is 1. The Kier molecular flexibility index (Phi) is 5.46. The van der Waals surface area contributed by atoms with Crippen LogP contribution in [-0.2, 0) is 11.0 Å². The van der Waals surface area contributed by atoms with Crippen LogP contribution in [0.4, 0.5) is 0 Å². The van der Waals surface area contributed by atoms with Gasteiger partial charge in [-0.25, -0.2) is 8.51 Å². The van der Waals surface area contributed by atoms with E-state index in [1.54, 1.807) is 0 Å². The first-order chi connectivity index (χ1) is 11.3. The zero-order valence-electron chi connectivity index (χ0n) is 13.8. The van der Waals surface area contributed by atoms with Crippen LogP contribution in [0.25, 0.3) is 10.8 Å². The molecule has 124 valence electrons. The van der Waals surface area contributed by atoms with Gasteiger partial charge in [-0.15, -0.1) is 0 Å². The molecule has 2 unspecified atom stereocenters. The number of hydrogen-bond donors (Lipinski definition) is 1. The van der Waals surface area contributed by atoms with Crippen molar-refractivity contribution in [1.29, 1.82) is 0 Å². The third-order valence-corrected chi connectivity index (χ3v) is 6.23. The van der Waals surface area contributed by atoms with Crippen molar-refractivity contribution in [1.82, 2.24) is 4.31 Å². The van der Waals surface area contributed by atoms with Crippen LogP contribution < -0.4 is 5.73 Å². The molecular formula is C19H26N2OS. The highest BCUT2D eigenvalue weighted by Gasteiger charge is 2.38. The summed E-state index contributed by atoms with van der Waals surface area (Å²) in [4.78, 5) is 0.938. The quantitative estimate of drug-likeness (QED) is 0.799. The zero-order chi connectivity index (χ0) is 16.2. The van der Waals surface area contributed by atoms with Gasteiger partial charge in [0.25, 0.3) is 0 Å². The van der Waals surface area contributed by atoms with E-state index in [4.69, 9.17) is 5.73 Å². The van der Waals surface area contributed by atoms with Crippen LogP contribution >= 0.6 is 0 Å². The van der Waals surface area contributed by atoms with Crippen molar-refractivity contribution in [3.63, 3.8) is 0 Å². The van der Waals surface area contributed by atoms with Gasteiger partial charge in [-0.05, 0) is 49.1 Å². The van der Waals surface area contributed by atoms with Crippen LogP contribution in [0.5, 0.6) is 0 Å². The Hall–Kier alpha value is -1.23. The van der Waals surface area contributed by atoms with Gasteiger partial charge in [0.2, 0.25) is 0 Å². The van der Waals surface area contributed by atoms with Gasteiger partial charge in [-0.3, -0.25) is 0 Å². The largest absolute Gasteiger partial charge is 0.330 e. The van der Waals surface area contributed by atoms with E-state index in [-0.39, 0.29) is 0 Å². The molecule has 0 amide bonds. The van der Waals surface area contributed by atoms with Crippen molar-refractivity contribution >= 4 is 21.8 Å². The molecule has 1 fully saturated rings. The van der Waals surface area contributed by atoms with E-state index in [1.807, 2.05) is 24.3 Å². The lowest BCUT2D eigenvalue weighted by atomic mass is 10.1. The Labute approximate surface area is 141 Å². The molecule has 0 aliphatic heterocycles. The highest BCUT2D eigenvalue weighted by atomic mass is 32.2. The first kappa shape index (κ1) is 16.6. The summed E-state index contributed by atoms with van der Waals surface area (Å²) >= 11 is 0. The monoisotopic (exact) mass is 330 g/mol. The van der Waals surface area contributed by atoms with Crippen LogP contribution in [-0.4, -0.2) is 27.1 Å². The third-order valence-electron chi connectivity index (χ3n) is 4.52. The van der Waals surface area contributed by atoms with E-state index in [9.17, 15) is 4.21 Å². The lowest BCUT2D eigenvalue weighted by molar-refractivity contribution is 0.297. The summed E-state index contributed by atoms with van der Waals surface area (Å²) in [6.45, 7) is 2.84. The average Bonchev–Trinajstić information content (AvgIpc) is 3.40. The van der Waals surface area contributed by atoms with E-state index in [0.717, 1.165) is 47.8 Å². The van der Waals surface area contributed by atoms with Gasteiger partial charge in [0.1, 0.15) is 11.0 Å². The smallest absolute Gasteiger partial charge is 0.128 e. The fourth-order valence-electron chi connectivity index (χ4n) is 3.28. The molecule has 0 spiro atoms. The molecule has 3 rings (SSSR count). The second kappa shape index (κ2) is 7.56. The van der Waals surface area contributed by atoms with Crippen LogP contribution in [0.2, 0.25) is 0 Å². The summed E-state index contributed by atoms with van der Waals surface area (Å²) in [5.74, 6) is 0. The number of fused-ring (bicyclic) bond motifs is 1. The molecule has 2 N–H and O–H groups in total. The highest BCUT2D eigenvalue weighted by molar-refractivity contribution is 7.83. The molecule has 1 aliphatic carbocycles. The maximum atomic E-state index is 13.4. The molecule has 0 bridgehead atoms. The first-order valence-corrected chi connectivity index (χ1v) is 9.75. The maximum absolute atomic E-state index is 13.4. The molecule has 2 aromatic carbocycles. The molecule has 0 heterocycles. The van der Waals surface area contributed by atoms with Gasteiger partial charge in [0.05, 0.1) is 4.90 Å². The van der Waals surface area contributed by atoms with Gasteiger partial charge in [0, 0.05) is 12.1 Å². The summed E-state index contributed by atoms with van der Waals surface area (Å²) in [6.07, 6.45) is 5.38. The van der Waals surface area contributed by atoms with Gasteiger partial charge in [-0.1, -0.05) is 49.7 Å². The second-order valence-corrected chi connectivity index (χ2v) is 7.70. The summed E-state index contributed by atoms with van der Waals surface area (Å²) in [5.41, 5.74) is 5.82. The predicted octanol–water partition coefficient (Wildman–Crippen LogP) is 3.84. The zero-order valence-corrected chi connectivity index (χ0v) is 14.6. The fourth-order valence-corrected chi connectivity index (χ4v) is 5.04. The summed E-state index contributed by atoms with van der Waals surface area (Å²) in [7, 11) is -1.12. The number of hydrogen-bond acceptors (Lipinski definition) is 2. The van der Waals surface area contributed by atoms with E-state index in [1.165, 1.54) is 0 Å². The second-order valence-electron chi connectivity index (χ2n) is 6.34. The molecular weight excluding hydrogens is 304 g/mol. The Morgan fingerprint density at radius 2 is 1.91 bits per heavy atom.